The van der Waals surface area contributed by atoms with Crippen LogP contribution in [0.15, 0.2) is 84.0 Å². The summed E-state index contributed by atoms with van der Waals surface area (Å²) >= 11 is 5.34. The summed E-state index contributed by atoms with van der Waals surface area (Å²) in [5.74, 6) is 0.514. The van der Waals surface area contributed by atoms with Gasteiger partial charge in [-0.1, -0.05) is 80.6 Å². The van der Waals surface area contributed by atoms with E-state index in [1.165, 1.54) is 16.7 Å². The van der Waals surface area contributed by atoms with E-state index in [4.69, 9.17) is 12.2 Å². The largest absolute Gasteiger partial charge is 0.331 e. The number of rotatable bonds is 5. The number of hydrazone groups is 1. The topological polar surface area (TPSA) is 36.4 Å². The molecule has 0 spiro atoms. The highest BCUT2D eigenvalue weighted by Crippen LogP contribution is 2.19. The molecule has 28 heavy (non-hydrogen) atoms. The molecule has 0 bridgehead atoms. The molecule has 0 unspecified atom stereocenters. The first-order chi connectivity index (χ1) is 13.5. The second kappa shape index (κ2) is 9.29. The summed E-state index contributed by atoms with van der Waals surface area (Å²) in [4.78, 5) is 0. The minimum absolute atomic E-state index is 0.470. The molecule has 0 aliphatic carbocycles. The second-order valence-electron chi connectivity index (χ2n) is 6.98. The Balaban J connectivity index is 1.59. The number of benzene rings is 3. The Morgan fingerprint density at radius 2 is 1.43 bits per heavy atom. The molecule has 0 saturated carbocycles. The first kappa shape index (κ1) is 19.8. The van der Waals surface area contributed by atoms with E-state index in [2.05, 4.69) is 78.2 Å². The molecular formula is C24H25N3S. The third-order valence-corrected chi connectivity index (χ3v) is 4.76. The van der Waals surface area contributed by atoms with Gasteiger partial charge in [0.25, 0.3) is 0 Å². The van der Waals surface area contributed by atoms with Gasteiger partial charge in [-0.05, 0) is 59.4 Å². The van der Waals surface area contributed by atoms with Crippen LogP contribution in [-0.4, -0.2) is 10.8 Å². The predicted molar refractivity (Wildman–Crippen MR) is 124 cm³/mol. The summed E-state index contributed by atoms with van der Waals surface area (Å²) in [6.07, 6.45) is 0. The van der Waals surface area contributed by atoms with Gasteiger partial charge in [-0.25, -0.2) is 0 Å². The fourth-order valence-corrected chi connectivity index (χ4v) is 3.01. The molecule has 0 aliphatic heterocycles. The second-order valence-corrected chi connectivity index (χ2v) is 7.39. The van der Waals surface area contributed by atoms with Gasteiger partial charge < -0.3 is 5.32 Å². The average molecular weight is 388 g/mol. The van der Waals surface area contributed by atoms with E-state index in [9.17, 15) is 0 Å². The van der Waals surface area contributed by atoms with Gasteiger partial charge in [-0.15, -0.1) is 0 Å². The van der Waals surface area contributed by atoms with Crippen molar-refractivity contribution in [2.75, 3.05) is 5.32 Å². The predicted octanol–water partition coefficient (Wildman–Crippen LogP) is 6.19. The standard InChI is InChI=1S/C24H25N3S/c1-17(2)19-13-15-23(16-14-19)25-24(28)27-26-18(3)20-9-11-22(12-10-20)21-7-5-4-6-8-21/h4-17H,1-3H3,(H2,25,27,28)/b26-18-. The molecule has 0 aromatic heterocycles. The van der Waals surface area contributed by atoms with Crippen molar-refractivity contribution >= 4 is 28.7 Å². The zero-order valence-corrected chi connectivity index (χ0v) is 17.3. The van der Waals surface area contributed by atoms with Crippen LogP contribution in [0.5, 0.6) is 0 Å². The van der Waals surface area contributed by atoms with Crippen molar-refractivity contribution in [3.8, 4) is 11.1 Å². The molecule has 3 rings (SSSR count). The Labute approximate surface area is 172 Å². The Morgan fingerprint density at radius 1 is 0.821 bits per heavy atom. The quantitative estimate of drug-likeness (QED) is 0.311. The normalized spacial score (nSPS) is 11.4. The fourth-order valence-electron chi connectivity index (χ4n) is 2.84. The molecule has 4 heteroatoms. The Bertz CT molecular complexity index is 943. The van der Waals surface area contributed by atoms with Gasteiger partial charge in [0.2, 0.25) is 0 Å². The van der Waals surface area contributed by atoms with Gasteiger partial charge in [0.15, 0.2) is 5.11 Å². The molecule has 0 aliphatic rings. The molecule has 0 fully saturated rings. The van der Waals surface area contributed by atoms with Gasteiger partial charge in [-0.2, -0.15) is 5.10 Å². The maximum atomic E-state index is 5.34. The molecule has 2 N–H and O–H groups in total. The zero-order chi connectivity index (χ0) is 19.9. The molecular weight excluding hydrogens is 362 g/mol. The molecule has 0 amide bonds. The first-order valence-corrected chi connectivity index (χ1v) is 9.81. The number of hydrogen-bond acceptors (Lipinski definition) is 2. The van der Waals surface area contributed by atoms with E-state index < -0.39 is 0 Å². The molecule has 3 aromatic rings. The summed E-state index contributed by atoms with van der Waals surface area (Å²) in [5, 5.41) is 8.03. The molecule has 0 atom stereocenters. The van der Waals surface area contributed by atoms with E-state index in [-0.39, 0.29) is 0 Å². The molecule has 0 saturated heterocycles. The van der Waals surface area contributed by atoms with Crippen molar-refractivity contribution in [3.05, 3.63) is 90.0 Å². The van der Waals surface area contributed by atoms with Crippen LogP contribution in [0.1, 0.15) is 37.8 Å². The SMILES string of the molecule is C/C(=N/NC(=S)Nc1ccc(C(C)C)cc1)c1ccc(-c2ccccc2)cc1. The Kier molecular flexibility index (Phi) is 6.56. The van der Waals surface area contributed by atoms with Crippen molar-refractivity contribution in [1.29, 1.82) is 0 Å². The van der Waals surface area contributed by atoms with Crippen LogP contribution in [0.3, 0.4) is 0 Å². The molecule has 142 valence electrons. The van der Waals surface area contributed by atoms with Gasteiger partial charge in [0.05, 0.1) is 5.71 Å². The Hall–Kier alpha value is -2.98. The maximum Gasteiger partial charge on any atom is 0.191 e. The number of anilines is 1. The van der Waals surface area contributed by atoms with Crippen molar-refractivity contribution in [2.45, 2.75) is 26.7 Å². The minimum atomic E-state index is 0.470. The van der Waals surface area contributed by atoms with Crippen molar-refractivity contribution < 1.29 is 0 Å². The van der Waals surface area contributed by atoms with Gasteiger partial charge in [-0.3, -0.25) is 5.43 Å². The van der Waals surface area contributed by atoms with E-state index >= 15 is 0 Å². The maximum absolute atomic E-state index is 5.34. The van der Waals surface area contributed by atoms with Crippen LogP contribution in [-0.2, 0) is 0 Å². The molecule has 3 nitrogen and oxygen atoms in total. The summed E-state index contributed by atoms with van der Waals surface area (Å²) in [7, 11) is 0. The van der Waals surface area contributed by atoms with Crippen LogP contribution in [0, 0.1) is 0 Å². The highest BCUT2D eigenvalue weighted by atomic mass is 32.1. The molecule has 0 heterocycles. The van der Waals surface area contributed by atoms with Crippen LogP contribution in [0.2, 0.25) is 0 Å². The smallest absolute Gasteiger partial charge is 0.191 e. The van der Waals surface area contributed by atoms with Crippen molar-refractivity contribution in [1.82, 2.24) is 5.43 Å². The fraction of sp³-hybridized carbons (Fsp3) is 0.167. The third-order valence-electron chi connectivity index (χ3n) is 4.57. The lowest BCUT2D eigenvalue weighted by atomic mass is 10.0. The summed E-state index contributed by atoms with van der Waals surface area (Å²) in [6.45, 7) is 6.32. The average Bonchev–Trinajstić information content (AvgIpc) is 2.73. The molecule has 0 radical (unpaired) electrons. The van der Waals surface area contributed by atoms with Crippen LogP contribution >= 0.6 is 12.2 Å². The minimum Gasteiger partial charge on any atom is -0.331 e. The number of thiocarbonyl (C=S) groups is 1. The highest BCUT2D eigenvalue weighted by molar-refractivity contribution is 7.80. The summed E-state index contributed by atoms with van der Waals surface area (Å²) in [6, 6.07) is 27.0. The zero-order valence-electron chi connectivity index (χ0n) is 16.4. The van der Waals surface area contributed by atoms with Gasteiger partial charge in [0.1, 0.15) is 0 Å². The van der Waals surface area contributed by atoms with Crippen molar-refractivity contribution in [3.63, 3.8) is 0 Å². The Morgan fingerprint density at radius 3 is 2.04 bits per heavy atom. The van der Waals surface area contributed by atoms with Crippen LogP contribution in [0.4, 0.5) is 5.69 Å². The van der Waals surface area contributed by atoms with Crippen LogP contribution < -0.4 is 10.7 Å². The first-order valence-electron chi connectivity index (χ1n) is 9.40. The van der Waals surface area contributed by atoms with E-state index in [0.717, 1.165) is 17.0 Å². The lowest BCUT2D eigenvalue weighted by Crippen LogP contribution is -2.24. The summed E-state index contributed by atoms with van der Waals surface area (Å²) in [5.41, 5.74) is 9.49. The molecule has 3 aromatic carbocycles. The van der Waals surface area contributed by atoms with Crippen molar-refractivity contribution in [2.24, 2.45) is 5.10 Å². The van der Waals surface area contributed by atoms with E-state index in [1.54, 1.807) is 0 Å². The van der Waals surface area contributed by atoms with E-state index in [0.29, 0.717) is 11.0 Å². The van der Waals surface area contributed by atoms with Gasteiger partial charge >= 0.3 is 0 Å². The summed E-state index contributed by atoms with van der Waals surface area (Å²) < 4.78 is 0. The number of nitrogens with zero attached hydrogens (tertiary/aromatic N) is 1. The lowest BCUT2D eigenvalue weighted by molar-refractivity contribution is 0.867. The third kappa shape index (κ3) is 5.27. The lowest BCUT2D eigenvalue weighted by Gasteiger charge is -2.10. The highest BCUT2D eigenvalue weighted by Gasteiger charge is 2.02. The van der Waals surface area contributed by atoms with E-state index in [1.807, 2.05) is 37.3 Å². The van der Waals surface area contributed by atoms with Gasteiger partial charge in [0, 0.05) is 5.69 Å². The number of nitrogens with one attached hydrogen (secondary N) is 2. The monoisotopic (exact) mass is 387 g/mol. The van der Waals surface area contributed by atoms with Crippen LogP contribution in [0.25, 0.3) is 11.1 Å². The number of hydrogen-bond donors (Lipinski definition) is 2.